The summed E-state index contributed by atoms with van der Waals surface area (Å²) in [6.45, 7) is 4.90. The third-order valence-corrected chi connectivity index (χ3v) is 4.95. The van der Waals surface area contributed by atoms with Crippen LogP contribution in [-0.4, -0.2) is 44.2 Å². The Hall–Kier alpha value is -2.40. The molecule has 1 aliphatic rings. The van der Waals surface area contributed by atoms with Crippen LogP contribution in [0.3, 0.4) is 0 Å². The van der Waals surface area contributed by atoms with Crippen LogP contribution in [0, 0.1) is 0 Å². The van der Waals surface area contributed by atoms with Gasteiger partial charge in [-0.3, -0.25) is 0 Å². The Morgan fingerprint density at radius 2 is 1.73 bits per heavy atom. The summed E-state index contributed by atoms with van der Waals surface area (Å²) in [6, 6.07) is 15.4. The molecule has 1 N–H and O–H groups in total. The number of benzene rings is 2. The number of para-hydroxylation sites is 2. The quantitative estimate of drug-likeness (QED) is 0.882. The fraction of sp³-hybridized carbons (Fsp3) is 0.350. The number of hydrogen-bond donors (Lipinski definition) is 1. The molecule has 1 fully saturated rings. The van der Waals surface area contributed by atoms with Crippen molar-refractivity contribution in [3.05, 3.63) is 59.1 Å². The Kier molecular flexibility index (Phi) is 5.89. The first kappa shape index (κ1) is 18.4. The number of halogens is 1. The fourth-order valence-corrected chi connectivity index (χ4v) is 3.28. The van der Waals surface area contributed by atoms with Crippen LogP contribution in [0.1, 0.15) is 18.5 Å². The van der Waals surface area contributed by atoms with Gasteiger partial charge in [-0.1, -0.05) is 35.9 Å². The van der Waals surface area contributed by atoms with E-state index in [0.29, 0.717) is 18.1 Å². The van der Waals surface area contributed by atoms with Gasteiger partial charge in [-0.15, -0.1) is 0 Å². The SMILES string of the molecule is COc1ccccc1N1CCN(C(=O)NC(C)c2ccc(Cl)cc2)CC1. The molecule has 2 aromatic carbocycles. The van der Waals surface area contributed by atoms with E-state index in [0.717, 1.165) is 30.1 Å². The second-order valence-electron chi connectivity index (χ2n) is 6.37. The summed E-state index contributed by atoms with van der Waals surface area (Å²) in [5.74, 6) is 0.863. The van der Waals surface area contributed by atoms with Gasteiger partial charge in [0.25, 0.3) is 0 Å². The number of ether oxygens (including phenoxy) is 1. The van der Waals surface area contributed by atoms with E-state index in [9.17, 15) is 4.79 Å². The Morgan fingerprint density at radius 1 is 1.08 bits per heavy atom. The normalized spacial score (nSPS) is 15.5. The van der Waals surface area contributed by atoms with Crippen LogP contribution in [0.2, 0.25) is 5.02 Å². The highest BCUT2D eigenvalue weighted by Gasteiger charge is 2.23. The molecule has 0 saturated carbocycles. The fourth-order valence-electron chi connectivity index (χ4n) is 3.15. The van der Waals surface area contributed by atoms with Crippen LogP contribution < -0.4 is 15.0 Å². The third kappa shape index (κ3) is 4.22. The minimum Gasteiger partial charge on any atom is -0.495 e. The summed E-state index contributed by atoms with van der Waals surface area (Å²) in [5.41, 5.74) is 2.11. The van der Waals surface area contributed by atoms with E-state index in [1.54, 1.807) is 7.11 Å². The first-order valence-electron chi connectivity index (χ1n) is 8.77. The van der Waals surface area contributed by atoms with Crippen LogP contribution in [0.15, 0.2) is 48.5 Å². The van der Waals surface area contributed by atoms with Crippen LogP contribution in [-0.2, 0) is 0 Å². The number of nitrogens with one attached hydrogen (secondary N) is 1. The van der Waals surface area contributed by atoms with E-state index in [2.05, 4.69) is 16.3 Å². The van der Waals surface area contributed by atoms with Crippen molar-refractivity contribution in [2.24, 2.45) is 0 Å². The predicted molar refractivity (Wildman–Crippen MR) is 105 cm³/mol. The lowest BCUT2D eigenvalue weighted by Gasteiger charge is -2.37. The molecule has 0 aromatic heterocycles. The zero-order chi connectivity index (χ0) is 18.5. The molecular formula is C20H24ClN3O2. The van der Waals surface area contributed by atoms with Gasteiger partial charge in [0, 0.05) is 31.2 Å². The molecule has 0 aliphatic carbocycles. The molecule has 5 nitrogen and oxygen atoms in total. The number of urea groups is 1. The van der Waals surface area contributed by atoms with Gasteiger partial charge in [0.15, 0.2) is 0 Å². The van der Waals surface area contributed by atoms with Crippen LogP contribution in [0.25, 0.3) is 0 Å². The number of methoxy groups -OCH3 is 1. The number of piperazine rings is 1. The first-order valence-corrected chi connectivity index (χ1v) is 9.15. The number of hydrogen-bond acceptors (Lipinski definition) is 3. The average molecular weight is 374 g/mol. The van der Waals surface area contributed by atoms with Crippen LogP contribution in [0.4, 0.5) is 10.5 Å². The maximum Gasteiger partial charge on any atom is 0.317 e. The van der Waals surface area contributed by atoms with Crippen molar-refractivity contribution < 1.29 is 9.53 Å². The number of carbonyl (C=O) groups is 1. The van der Waals surface area contributed by atoms with E-state index in [1.807, 2.05) is 54.3 Å². The van der Waals surface area contributed by atoms with E-state index >= 15 is 0 Å². The van der Waals surface area contributed by atoms with Crippen molar-refractivity contribution in [1.82, 2.24) is 10.2 Å². The largest absolute Gasteiger partial charge is 0.495 e. The Morgan fingerprint density at radius 3 is 2.38 bits per heavy atom. The predicted octanol–water partition coefficient (Wildman–Crippen LogP) is 3.94. The average Bonchev–Trinajstić information content (AvgIpc) is 2.68. The number of amides is 2. The van der Waals surface area contributed by atoms with Crippen molar-refractivity contribution in [2.75, 3.05) is 38.2 Å². The molecule has 26 heavy (non-hydrogen) atoms. The molecule has 0 bridgehead atoms. The Labute approximate surface area is 159 Å². The maximum atomic E-state index is 12.6. The zero-order valence-electron chi connectivity index (χ0n) is 15.1. The summed E-state index contributed by atoms with van der Waals surface area (Å²) in [6.07, 6.45) is 0. The lowest BCUT2D eigenvalue weighted by atomic mass is 10.1. The second-order valence-corrected chi connectivity index (χ2v) is 6.81. The van der Waals surface area contributed by atoms with Gasteiger partial charge in [0.05, 0.1) is 18.8 Å². The molecule has 6 heteroatoms. The molecule has 1 saturated heterocycles. The maximum absolute atomic E-state index is 12.6. The summed E-state index contributed by atoms with van der Waals surface area (Å²) >= 11 is 5.92. The molecule has 3 rings (SSSR count). The van der Waals surface area contributed by atoms with E-state index in [4.69, 9.17) is 16.3 Å². The molecule has 2 amide bonds. The summed E-state index contributed by atoms with van der Waals surface area (Å²) in [5, 5.41) is 3.76. The highest BCUT2D eigenvalue weighted by molar-refractivity contribution is 6.30. The van der Waals surface area contributed by atoms with E-state index in [1.165, 1.54) is 0 Å². The molecular weight excluding hydrogens is 350 g/mol. The molecule has 138 valence electrons. The van der Waals surface area contributed by atoms with Gasteiger partial charge in [-0.05, 0) is 36.8 Å². The van der Waals surface area contributed by atoms with Gasteiger partial charge in [-0.2, -0.15) is 0 Å². The van der Waals surface area contributed by atoms with Crippen molar-refractivity contribution >= 4 is 23.3 Å². The summed E-state index contributed by atoms with van der Waals surface area (Å²) in [4.78, 5) is 16.7. The molecule has 0 radical (unpaired) electrons. The van der Waals surface area contributed by atoms with Crippen molar-refractivity contribution in [1.29, 1.82) is 0 Å². The Bertz CT molecular complexity index is 743. The lowest BCUT2D eigenvalue weighted by molar-refractivity contribution is 0.191. The van der Waals surface area contributed by atoms with E-state index in [-0.39, 0.29) is 12.1 Å². The van der Waals surface area contributed by atoms with Gasteiger partial charge in [0.1, 0.15) is 5.75 Å². The molecule has 1 unspecified atom stereocenters. The smallest absolute Gasteiger partial charge is 0.317 e. The molecule has 1 heterocycles. The lowest BCUT2D eigenvalue weighted by Crippen LogP contribution is -2.52. The highest BCUT2D eigenvalue weighted by Crippen LogP contribution is 2.28. The minimum absolute atomic E-state index is 0.0351. The third-order valence-electron chi connectivity index (χ3n) is 4.70. The number of rotatable bonds is 4. The molecule has 1 atom stereocenters. The number of nitrogens with zero attached hydrogens (tertiary/aromatic N) is 2. The first-order chi connectivity index (χ1) is 12.6. The second kappa shape index (κ2) is 8.32. The van der Waals surface area contributed by atoms with Crippen LogP contribution >= 0.6 is 11.6 Å². The monoisotopic (exact) mass is 373 g/mol. The van der Waals surface area contributed by atoms with Crippen molar-refractivity contribution in [3.8, 4) is 5.75 Å². The summed E-state index contributed by atoms with van der Waals surface area (Å²) < 4.78 is 5.44. The number of carbonyl (C=O) groups excluding carboxylic acids is 1. The molecule has 1 aliphatic heterocycles. The Balaban J connectivity index is 1.56. The number of anilines is 1. The zero-order valence-corrected chi connectivity index (χ0v) is 15.9. The molecule has 2 aromatic rings. The topological polar surface area (TPSA) is 44.8 Å². The van der Waals surface area contributed by atoms with Gasteiger partial charge in [0.2, 0.25) is 0 Å². The van der Waals surface area contributed by atoms with Crippen molar-refractivity contribution in [3.63, 3.8) is 0 Å². The summed E-state index contributed by atoms with van der Waals surface area (Å²) in [7, 11) is 1.68. The van der Waals surface area contributed by atoms with Crippen molar-refractivity contribution in [2.45, 2.75) is 13.0 Å². The highest BCUT2D eigenvalue weighted by atomic mass is 35.5. The van der Waals surface area contributed by atoms with Gasteiger partial charge >= 0.3 is 6.03 Å². The van der Waals surface area contributed by atoms with Gasteiger partial charge in [-0.25, -0.2) is 4.79 Å². The molecule has 0 spiro atoms. The standard InChI is InChI=1S/C20H24ClN3O2/c1-15(16-7-9-17(21)10-8-16)22-20(25)24-13-11-23(12-14-24)18-5-3-4-6-19(18)26-2/h3-10,15H,11-14H2,1-2H3,(H,22,25). The van der Waals surface area contributed by atoms with Crippen LogP contribution in [0.5, 0.6) is 5.75 Å². The van der Waals surface area contributed by atoms with E-state index < -0.39 is 0 Å². The minimum atomic E-state index is -0.0630. The van der Waals surface area contributed by atoms with Gasteiger partial charge < -0.3 is 19.9 Å².